The molecular formula is C13H17NO5. The van der Waals surface area contributed by atoms with E-state index in [1.165, 1.54) is 6.26 Å². The summed E-state index contributed by atoms with van der Waals surface area (Å²) in [5.74, 6) is -0.870. The van der Waals surface area contributed by atoms with Gasteiger partial charge in [0.05, 0.1) is 11.8 Å². The third-order valence-corrected chi connectivity index (χ3v) is 3.42. The quantitative estimate of drug-likeness (QED) is 0.855. The highest BCUT2D eigenvalue weighted by Gasteiger charge is 2.42. The molecule has 0 atom stereocenters. The number of furan rings is 1. The van der Waals surface area contributed by atoms with Crippen molar-refractivity contribution in [3.05, 3.63) is 23.7 Å². The molecule has 6 nitrogen and oxygen atoms in total. The Morgan fingerprint density at radius 1 is 1.42 bits per heavy atom. The SMILES string of the molecule is CCc1occc1C(=O)NC1(C(=O)O)CCOCC1. The summed E-state index contributed by atoms with van der Waals surface area (Å²) in [4.78, 5) is 23.6. The normalized spacial score (nSPS) is 17.9. The predicted molar refractivity (Wildman–Crippen MR) is 66.0 cm³/mol. The van der Waals surface area contributed by atoms with E-state index < -0.39 is 17.4 Å². The third-order valence-electron chi connectivity index (χ3n) is 3.42. The van der Waals surface area contributed by atoms with Crippen molar-refractivity contribution in [3.8, 4) is 0 Å². The first-order valence-corrected chi connectivity index (χ1v) is 6.29. The molecule has 6 heteroatoms. The molecule has 1 aromatic rings. The minimum Gasteiger partial charge on any atom is -0.480 e. The van der Waals surface area contributed by atoms with Crippen LogP contribution in [0.4, 0.5) is 0 Å². The van der Waals surface area contributed by atoms with Gasteiger partial charge in [0.2, 0.25) is 0 Å². The van der Waals surface area contributed by atoms with Crippen molar-refractivity contribution >= 4 is 11.9 Å². The van der Waals surface area contributed by atoms with Gasteiger partial charge < -0.3 is 19.6 Å². The molecule has 0 bridgehead atoms. The number of aryl methyl sites for hydroxylation is 1. The Morgan fingerprint density at radius 3 is 2.68 bits per heavy atom. The van der Waals surface area contributed by atoms with Gasteiger partial charge in [0.25, 0.3) is 5.91 Å². The topological polar surface area (TPSA) is 88.8 Å². The number of rotatable bonds is 4. The molecule has 2 heterocycles. The molecule has 1 aliphatic heterocycles. The van der Waals surface area contributed by atoms with Crippen LogP contribution in [-0.4, -0.2) is 35.7 Å². The highest BCUT2D eigenvalue weighted by atomic mass is 16.5. The molecule has 1 saturated heterocycles. The Balaban J connectivity index is 2.18. The molecule has 0 unspecified atom stereocenters. The van der Waals surface area contributed by atoms with E-state index in [0.29, 0.717) is 31.0 Å². The lowest BCUT2D eigenvalue weighted by Crippen LogP contribution is -2.57. The fourth-order valence-corrected chi connectivity index (χ4v) is 2.21. The number of carbonyl (C=O) groups excluding carboxylic acids is 1. The number of ether oxygens (including phenoxy) is 1. The summed E-state index contributed by atoms with van der Waals surface area (Å²) in [7, 11) is 0. The average Bonchev–Trinajstić information content (AvgIpc) is 2.88. The van der Waals surface area contributed by atoms with Crippen molar-refractivity contribution in [1.29, 1.82) is 0 Å². The first-order chi connectivity index (χ1) is 9.09. The fourth-order valence-electron chi connectivity index (χ4n) is 2.21. The van der Waals surface area contributed by atoms with Gasteiger partial charge in [0.1, 0.15) is 11.3 Å². The molecule has 0 aliphatic carbocycles. The molecule has 2 N–H and O–H groups in total. The predicted octanol–water partition coefficient (Wildman–Crippen LogP) is 1.21. The first-order valence-electron chi connectivity index (χ1n) is 6.29. The summed E-state index contributed by atoms with van der Waals surface area (Å²) >= 11 is 0. The van der Waals surface area contributed by atoms with E-state index in [4.69, 9.17) is 9.15 Å². The molecule has 19 heavy (non-hydrogen) atoms. The van der Waals surface area contributed by atoms with Crippen molar-refractivity contribution in [2.45, 2.75) is 31.7 Å². The standard InChI is InChI=1S/C13H17NO5/c1-2-10-9(3-6-19-10)11(15)14-13(12(16)17)4-7-18-8-5-13/h3,6H,2,4-5,7-8H2,1H3,(H,14,15)(H,16,17). The lowest BCUT2D eigenvalue weighted by Gasteiger charge is -2.33. The van der Waals surface area contributed by atoms with Gasteiger partial charge in [-0.25, -0.2) is 4.79 Å². The Morgan fingerprint density at radius 2 is 2.11 bits per heavy atom. The van der Waals surface area contributed by atoms with Crippen LogP contribution >= 0.6 is 0 Å². The van der Waals surface area contributed by atoms with Gasteiger partial charge in [-0.05, 0) is 6.07 Å². The number of hydrogen-bond donors (Lipinski definition) is 2. The van der Waals surface area contributed by atoms with Crippen LogP contribution < -0.4 is 5.32 Å². The summed E-state index contributed by atoms with van der Waals surface area (Å²) < 4.78 is 10.3. The smallest absolute Gasteiger partial charge is 0.329 e. The number of aliphatic carboxylic acids is 1. The Hall–Kier alpha value is -1.82. The number of carboxylic acid groups (broad SMARTS) is 1. The van der Waals surface area contributed by atoms with Crippen molar-refractivity contribution in [3.63, 3.8) is 0 Å². The zero-order valence-electron chi connectivity index (χ0n) is 10.8. The van der Waals surface area contributed by atoms with Gasteiger partial charge in [-0.2, -0.15) is 0 Å². The molecule has 1 aliphatic rings. The van der Waals surface area contributed by atoms with Gasteiger partial charge in [0, 0.05) is 32.5 Å². The second-order valence-electron chi connectivity index (χ2n) is 4.56. The number of amides is 1. The van der Waals surface area contributed by atoms with E-state index in [1.807, 2.05) is 6.92 Å². The minimum absolute atomic E-state index is 0.271. The Bertz CT molecular complexity index is 473. The first kappa shape index (κ1) is 13.6. The van der Waals surface area contributed by atoms with Crippen LogP contribution in [0.15, 0.2) is 16.7 Å². The van der Waals surface area contributed by atoms with Crippen LogP contribution in [-0.2, 0) is 16.0 Å². The largest absolute Gasteiger partial charge is 0.480 e. The second-order valence-corrected chi connectivity index (χ2v) is 4.56. The van der Waals surface area contributed by atoms with Crippen LogP contribution in [0.5, 0.6) is 0 Å². The van der Waals surface area contributed by atoms with Gasteiger partial charge in [-0.3, -0.25) is 4.79 Å². The Labute approximate surface area is 110 Å². The van der Waals surface area contributed by atoms with Crippen LogP contribution in [0.1, 0.15) is 35.9 Å². The lowest BCUT2D eigenvalue weighted by molar-refractivity contribution is -0.148. The van der Waals surface area contributed by atoms with E-state index in [2.05, 4.69) is 5.32 Å². The molecule has 0 spiro atoms. The van der Waals surface area contributed by atoms with E-state index >= 15 is 0 Å². The van der Waals surface area contributed by atoms with Crippen LogP contribution in [0.2, 0.25) is 0 Å². The summed E-state index contributed by atoms with van der Waals surface area (Å²) in [5, 5.41) is 12.0. The second kappa shape index (κ2) is 5.44. The van der Waals surface area contributed by atoms with Crippen molar-refractivity contribution < 1.29 is 23.8 Å². The fraction of sp³-hybridized carbons (Fsp3) is 0.538. The molecule has 1 aromatic heterocycles. The molecule has 1 fully saturated rings. The van der Waals surface area contributed by atoms with Gasteiger partial charge in [0.15, 0.2) is 0 Å². The zero-order valence-corrected chi connectivity index (χ0v) is 10.8. The van der Waals surface area contributed by atoms with Crippen molar-refractivity contribution in [1.82, 2.24) is 5.32 Å². The molecule has 2 rings (SSSR count). The van der Waals surface area contributed by atoms with Gasteiger partial charge in [-0.1, -0.05) is 6.92 Å². The maximum atomic E-state index is 12.2. The highest BCUT2D eigenvalue weighted by Crippen LogP contribution is 2.22. The molecule has 0 aromatic carbocycles. The van der Waals surface area contributed by atoms with E-state index in [1.54, 1.807) is 6.07 Å². The maximum Gasteiger partial charge on any atom is 0.329 e. The monoisotopic (exact) mass is 267 g/mol. The van der Waals surface area contributed by atoms with Crippen molar-refractivity contribution in [2.75, 3.05) is 13.2 Å². The number of nitrogens with one attached hydrogen (secondary N) is 1. The van der Waals surface area contributed by atoms with Gasteiger partial charge >= 0.3 is 5.97 Å². The molecule has 0 radical (unpaired) electrons. The van der Waals surface area contributed by atoms with E-state index in [9.17, 15) is 14.7 Å². The Kier molecular flexibility index (Phi) is 3.90. The van der Waals surface area contributed by atoms with Crippen molar-refractivity contribution in [2.24, 2.45) is 0 Å². The van der Waals surface area contributed by atoms with E-state index in [-0.39, 0.29) is 12.8 Å². The third kappa shape index (κ3) is 2.63. The maximum absolute atomic E-state index is 12.2. The summed E-state index contributed by atoms with van der Waals surface area (Å²) in [6.45, 7) is 2.54. The van der Waals surface area contributed by atoms with Crippen LogP contribution in [0.25, 0.3) is 0 Å². The van der Waals surface area contributed by atoms with E-state index in [0.717, 1.165) is 0 Å². The summed E-state index contributed by atoms with van der Waals surface area (Å²) in [5.41, 5.74) is -0.841. The molecule has 1 amide bonds. The molecular weight excluding hydrogens is 250 g/mol. The highest BCUT2D eigenvalue weighted by molar-refractivity contribution is 5.98. The average molecular weight is 267 g/mol. The number of carboxylic acids is 1. The molecule has 104 valence electrons. The lowest BCUT2D eigenvalue weighted by atomic mass is 9.89. The zero-order chi connectivity index (χ0) is 13.9. The summed E-state index contributed by atoms with van der Waals surface area (Å²) in [6.07, 6.45) is 2.56. The van der Waals surface area contributed by atoms with Crippen LogP contribution in [0, 0.1) is 0 Å². The number of hydrogen-bond acceptors (Lipinski definition) is 4. The van der Waals surface area contributed by atoms with Crippen LogP contribution in [0.3, 0.4) is 0 Å². The number of carbonyl (C=O) groups is 2. The van der Waals surface area contributed by atoms with Gasteiger partial charge in [-0.15, -0.1) is 0 Å². The minimum atomic E-state index is -1.24. The summed E-state index contributed by atoms with van der Waals surface area (Å²) in [6, 6.07) is 1.56. The molecule has 0 saturated carbocycles.